The predicted octanol–water partition coefficient (Wildman–Crippen LogP) is 2.84. The third-order valence-corrected chi connectivity index (χ3v) is 2.77. The minimum Gasteiger partial charge on any atom is -0.495 e. The largest absolute Gasteiger partial charge is 0.495 e. The van der Waals surface area contributed by atoms with E-state index in [1.54, 1.807) is 19.1 Å². The molecule has 1 aromatic carbocycles. The number of halogens is 1. The second kappa shape index (κ2) is 3.72. The zero-order chi connectivity index (χ0) is 11.9. The summed E-state index contributed by atoms with van der Waals surface area (Å²) in [7, 11) is 1.49. The Hall–Kier alpha value is -1.68. The number of hydrogen-bond acceptors (Lipinski definition) is 2. The van der Waals surface area contributed by atoms with E-state index in [9.17, 15) is 4.79 Å². The molecule has 0 radical (unpaired) electrons. The molecule has 84 valence electrons. The van der Waals surface area contributed by atoms with Crippen LogP contribution >= 0.6 is 11.6 Å². The topological polar surface area (TPSA) is 62.3 Å². The molecule has 0 aliphatic carbocycles. The number of H-pyrrole nitrogens is 1. The Kier molecular flexibility index (Phi) is 2.52. The van der Waals surface area contributed by atoms with Gasteiger partial charge in [0.25, 0.3) is 0 Å². The SMILES string of the molecule is COc1cc2c(C(=O)O)c(C)[nH]c2cc1Cl. The fourth-order valence-corrected chi connectivity index (χ4v) is 2.00. The van der Waals surface area contributed by atoms with Crippen molar-refractivity contribution in [3.63, 3.8) is 0 Å². The number of methoxy groups -OCH3 is 1. The van der Waals surface area contributed by atoms with Crippen LogP contribution in [0.4, 0.5) is 0 Å². The number of ether oxygens (including phenoxy) is 1. The van der Waals surface area contributed by atoms with Crippen molar-refractivity contribution in [1.29, 1.82) is 0 Å². The number of rotatable bonds is 2. The predicted molar refractivity (Wildman–Crippen MR) is 61.6 cm³/mol. The van der Waals surface area contributed by atoms with Crippen molar-refractivity contribution in [3.8, 4) is 5.75 Å². The number of aromatic carboxylic acids is 1. The number of aromatic amines is 1. The molecule has 1 heterocycles. The third-order valence-electron chi connectivity index (χ3n) is 2.47. The van der Waals surface area contributed by atoms with Crippen molar-refractivity contribution in [2.45, 2.75) is 6.92 Å². The van der Waals surface area contributed by atoms with Gasteiger partial charge in [-0.05, 0) is 19.1 Å². The van der Waals surface area contributed by atoms with Crippen LogP contribution in [0.15, 0.2) is 12.1 Å². The number of aromatic nitrogens is 1. The number of nitrogens with one attached hydrogen (secondary N) is 1. The first-order valence-electron chi connectivity index (χ1n) is 4.63. The number of fused-ring (bicyclic) bond motifs is 1. The van der Waals surface area contributed by atoms with Crippen molar-refractivity contribution in [3.05, 3.63) is 28.4 Å². The zero-order valence-corrected chi connectivity index (χ0v) is 9.55. The van der Waals surface area contributed by atoms with Gasteiger partial charge in [0.2, 0.25) is 0 Å². The third kappa shape index (κ3) is 1.51. The van der Waals surface area contributed by atoms with Crippen LogP contribution in [-0.4, -0.2) is 23.2 Å². The van der Waals surface area contributed by atoms with E-state index in [0.29, 0.717) is 27.4 Å². The summed E-state index contributed by atoms with van der Waals surface area (Å²) < 4.78 is 5.06. The molecule has 16 heavy (non-hydrogen) atoms. The van der Waals surface area contributed by atoms with Crippen molar-refractivity contribution in [2.75, 3.05) is 7.11 Å². The fraction of sp³-hybridized carbons (Fsp3) is 0.182. The lowest BCUT2D eigenvalue weighted by Crippen LogP contribution is -1.97. The Morgan fingerprint density at radius 1 is 1.50 bits per heavy atom. The summed E-state index contributed by atoms with van der Waals surface area (Å²) >= 11 is 5.95. The highest BCUT2D eigenvalue weighted by Gasteiger charge is 2.16. The van der Waals surface area contributed by atoms with Gasteiger partial charge in [-0.2, -0.15) is 0 Å². The van der Waals surface area contributed by atoms with Crippen LogP contribution < -0.4 is 4.74 Å². The minimum atomic E-state index is -0.965. The van der Waals surface area contributed by atoms with E-state index < -0.39 is 5.97 Å². The number of carboxylic acid groups (broad SMARTS) is 1. The van der Waals surface area contributed by atoms with Gasteiger partial charge in [-0.15, -0.1) is 0 Å². The van der Waals surface area contributed by atoms with E-state index in [-0.39, 0.29) is 5.56 Å². The standard InChI is InChI=1S/C11H10ClNO3/c1-5-10(11(14)15)6-3-9(16-2)7(12)4-8(6)13-5/h3-4,13H,1-2H3,(H,14,15). The number of benzene rings is 1. The quantitative estimate of drug-likeness (QED) is 0.847. The van der Waals surface area contributed by atoms with Gasteiger partial charge in [-0.3, -0.25) is 0 Å². The summed E-state index contributed by atoms with van der Waals surface area (Å²) in [6.07, 6.45) is 0. The van der Waals surface area contributed by atoms with E-state index in [2.05, 4.69) is 4.98 Å². The maximum Gasteiger partial charge on any atom is 0.338 e. The fourth-order valence-electron chi connectivity index (χ4n) is 1.76. The van der Waals surface area contributed by atoms with Gasteiger partial charge in [-0.1, -0.05) is 11.6 Å². The molecule has 0 saturated heterocycles. The number of hydrogen-bond donors (Lipinski definition) is 2. The van der Waals surface area contributed by atoms with Gasteiger partial charge in [0, 0.05) is 16.6 Å². The van der Waals surface area contributed by atoms with Gasteiger partial charge in [0.1, 0.15) is 5.75 Å². The van der Waals surface area contributed by atoms with Crippen molar-refractivity contribution < 1.29 is 14.6 Å². The molecule has 0 atom stereocenters. The van der Waals surface area contributed by atoms with Crippen molar-refractivity contribution >= 4 is 28.5 Å². The lowest BCUT2D eigenvalue weighted by molar-refractivity contribution is 0.0698. The van der Waals surface area contributed by atoms with Crippen molar-refractivity contribution in [1.82, 2.24) is 4.98 Å². The molecule has 0 amide bonds. The molecular weight excluding hydrogens is 230 g/mol. The van der Waals surface area contributed by atoms with Gasteiger partial charge < -0.3 is 14.8 Å². The summed E-state index contributed by atoms with van der Waals surface area (Å²) in [5.41, 5.74) is 1.55. The van der Waals surface area contributed by atoms with E-state index in [0.717, 1.165) is 0 Å². The molecule has 0 spiro atoms. The lowest BCUT2D eigenvalue weighted by Gasteiger charge is -2.02. The Bertz CT molecular complexity index is 574. The Morgan fingerprint density at radius 2 is 2.19 bits per heavy atom. The molecule has 5 heteroatoms. The first-order chi connectivity index (χ1) is 7.54. The van der Waals surface area contributed by atoms with Crippen LogP contribution in [0.2, 0.25) is 5.02 Å². The highest BCUT2D eigenvalue weighted by Crippen LogP contribution is 2.32. The molecule has 0 aliphatic heterocycles. The molecule has 2 rings (SSSR count). The van der Waals surface area contributed by atoms with E-state index >= 15 is 0 Å². The second-order valence-electron chi connectivity index (χ2n) is 3.46. The highest BCUT2D eigenvalue weighted by molar-refractivity contribution is 6.33. The summed E-state index contributed by atoms with van der Waals surface area (Å²) in [6.45, 7) is 1.71. The zero-order valence-electron chi connectivity index (χ0n) is 8.80. The first kappa shape index (κ1) is 10.8. The van der Waals surface area contributed by atoms with E-state index in [1.807, 2.05) is 0 Å². The normalized spacial score (nSPS) is 10.7. The summed E-state index contributed by atoms with van der Waals surface area (Å²) in [6, 6.07) is 3.29. The Morgan fingerprint density at radius 3 is 2.75 bits per heavy atom. The van der Waals surface area contributed by atoms with Crippen LogP contribution in [0.1, 0.15) is 16.1 Å². The molecule has 0 fully saturated rings. The number of carbonyl (C=O) groups is 1. The number of carboxylic acids is 1. The van der Waals surface area contributed by atoms with E-state index in [4.69, 9.17) is 21.4 Å². The molecule has 0 unspecified atom stereocenters. The Labute approximate surface area is 96.8 Å². The van der Waals surface area contributed by atoms with Crippen LogP contribution in [0.5, 0.6) is 5.75 Å². The van der Waals surface area contributed by atoms with E-state index in [1.165, 1.54) is 7.11 Å². The monoisotopic (exact) mass is 239 g/mol. The maximum absolute atomic E-state index is 11.1. The summed E-state index contributed by atoms with van der Waals surface area (Å²) in [5.74, 6) is -0.496. The van der Waals surface area contributed by atoms with Gasteiger partial charge in [-0.25, -0.2) is 4.79 Å². The molecule has 4 nitrogen and oxygen atoms in total. The molecule has 0 saturated carbocycles. The Balaban J connectivity index is 2.82. The molecule has 2 N–H and O–H groups in total. The van der Waals surface area contributed by atoms with Crippen LogP contribution in [0, 0.1) is 6.92 Å². The lowest BCUT2D eigenvalue weighted by atomic mass is 10.1. The molecule has 0 aliphatic rings. The first-order valence-corrected chi connectivity index (χ1v) is 5.01. The van der Waals surface area contributed by atoms with Crippen LogP contribution in [0.25, 0.3) is 10.9 Å². The average Bonchev–Trinajstić information content (AvgIpc) is 2.51. The number of aryl methyl sites for hydroxylation is 1. The summed E-state index contributed by atoms with van der Waals surface area (Å²) in [4.78, 5) is 14.1. The molecular formula is C11H10ClNO3. The maximum atomic E-state index is 11.1. The molecule has 1 aromatic heterocycles. The highest BCUT2D eigenvalue weighted by atomic mass is 35.5. The van der Waals surface area contributed by atoms with Gasteiger partial charge in [0.15, 0.2) is 0 Å². The smallest absolute Gasteiger partial charge is 0.338 e. The minimum absolute atomic E-state index is 0.255. The van der Waals surface area contributed by atoms with Gasteiger partial charge in [0.05, 0.1) is 17.7 Å². The molecule has 0 bridgehead atoms. The summed E-state index contributed by atoms with van der Waals surface area (Å²) in [5, 5.41) is 10.1. The van der Waals surface area contributed by atoms with Gasteiger partial charge >= 0.3 is 5.97 Å². The van der Waals surface area contributed by atoms with Crippen LogP contribution in [0.3, 0.4) is 0 Å². The van der Waals surface area contributed by atoms with Crippen molar-refractivity contribution in [2.24, 2.45) is 0 Å². The average molecular weight is 240 g/mol. The molecule has 2 aromatic rings. The second-order valence-corrected chi connectivity index (χ2v) is 3.87. The van der Waals surface area contributed by atoms with Crippen LogP contribution in [-0.2, 0) is 0 Å².